The van der Waals surface area contributed by atoms with Gasteiger partial charge in [0.05, 0.1) is 6.10 Å². The number of para-hydroxylation sites is 1. The predicted octanol–water partition coefficient (Wildman–Crippen LogP) is 1.29. The van der Waals surface area contributed by atoms with Gasteiger partial charge in [0.25, 0.3) is 0 Å². The molecular weight excluding hydrogens is 166 g/mol. The number of carbonyl (C=O) groups excluding carboxylic acids is 1. The van der Waals surface area contributed by atoms with E-state index in [4.69, 9.17) is 5.11 Å². The molecule has 0 saturated carbocycles. The Kier molecular flexibility index (Phi) is 3.46. The lowest BCUT2D eigenvalue weighted by atomic mass is 10.2. The van der Waals surface area contributed by atoms with E-state index in [0.717, 1.165) is 12.0 Å². The molecule has 1 unspecified atom stereocenters. The summed E-state index contributed by atoms with van der Waals surface area (Å²) in [4.78, 5) is 10.6. The average Bonchev–Trinajstić information content (AvgIpc) is 2.15. The lowest BCUT2D eigenvalue weighted by molar-refractivity contribution is 0.112. The molecule has 0 aromatic heterocycles. The van der Waals surface area contributed by atoms with Crippen molar-refractivity contribution in [2.24, 2.45) is 0 Å². The van der Waals surface area contributed by atoms with Crippen molar-refractivity contribution in [3.63, 3.8) is 0 Å². The van der Waals surface area contributed by atoms with Gasteiger partial charge in [-0.05, 0) is 19.1 Å². The van der Waals surface area contributed by atoms with Crippen LogP contribution >= 0.6 is 0 Å². The molecule has 0 saturated heterocycles. The van der Waals surface area contributed by atoms with Crippen LogP contribution in [0, 0.1) is 0 Å². The molecule has 1 rings (SSSR count). The highest BCUT2D eigenvalue weighted by atomic mass is 16.3. The Labute approximate surface area is 77.4 Å². The quantitative estimate of drug-likeness (QED) is 0.685. The highest BCUT2D eigenvalue weighted by molar-refractivity contribution is 5.83. The summed E-state index contributed by atoms with van der Waals surface area (Å²) >= 11 is 0. The Morgan fingerprint density at radius 3 is 2.85 bits per heavy atom. The van der Waals surface area contributed by atoms with Gasteiger partial charge in [-0.25, -0.2) is 0 Å². The van der Waals surface area contributed by atoms with Crippen LogP contribution in [0.2, 0.25) is 0 Å². The van der Waals surface area contributed by atoms with Gasteiger partial charge in [-0.2, -0.15) is 0 Å². The topological polar surface area (TPSA) is 49.3 Å². The molecule has 0 amide bonds. The fourth-order valence-electron chi connectivity index (χ4n) is 1.02. The van der Waals surface area contributed by atoms with E-state index in [9.17, 15) is 4.79 Å². The van der Waals surface area contributed by atoms with Crippen LogP contribution in [0.5, 0.6) is 0 Å². The number of carbonyl (C=O) groups is 1. The predicted molar refractivity (Wildman–Crippen MR) is 52.0 cm³/mol. The summed E-state index contributed by atoms with van der Waals surface area (Å²) in [7, 11) is 0. The summed E-state index contributed by atoms with van der Waals surface area (Å²) in [6.07, 6.45) is 0.379. The van der Waals surface area contributed by atoms with Crippen LogP contribution < -0.4 is 5.32 Å². The highest BCUT2D eigenvalue weighted by Crippen LogP contribution is 2.11. The monoisotopic (exact) mass is 179 g/mol. The van der Waals surface area contributed by atoms with Gasteiger partial charge < -0.3 is 10.4 Å². The maximum absolute atomic E-state index is 10.6. The summed E-state index contributed by atoms with van der Waals surface area (Å²) in [6, 6.07) is 7.19. The van der Waals surface area contributed by atoms with Crippen molar-refractivity contribution < 1.29 is 9.90 Å². The Hall–Kier alpha value is -1.35. The lowest BCUT2D eigenvalue weighted by Gasteiger charge is -2.09. The number of benzene rings is 1. The van der Waals surface area contributed by atoms with Gasteiger partial charge in [-0.1, -0.05) is 12.1 Å². The third-order valence-corrected chi connectivity index (χ3v) is 1.68. The summed E-state index contributed by atoms with van der Waals surface area (Å²) in [5.74, 6) is 0. The van der Waals surface area contributed by atoms with E-state index < -0.39 is 6.10 Å². The Morgan fingerprint density at radius 2 is 2.23 bits per heavy atom. The van der Waals surface area contributed by atoms with E-state index in [2.05, 4.69) is 5.32 Å². The number of nitrogens with one attached hydrogen (secondary N) is 1. The maximum atomic E-state index is 10.6. The summed E-state index contributed by atoms with van der Waals surface area (Å²) in [5, 5.41) is 12.0. The number of anilines is 1. The number of aliphatic hydroxyl groups is 1. The number of aldehydes is 1. The first-order valence-corrected chi connectivity index (χ1v) is 4.20. The zero-order valence-corrected chi connectivity index (χ0v) is 7.53. The normalized spacial score (nSPS) is 12.2. The van der Waals surface area contributed by atoms with Gasteiger partial charge in [-0.15, -0.1) is 0 Å². The molecule has 0 spiro atoms. The van der Waals surface area contributed by atoms with Crippen molar-refractivity contribution in [3.8, 4) is 0 Å². The maximum Gasteiger partial charge on any atom is 0.152 e. The average molecular weight is 179 g/mol. The first-order valence-electron chi connectivity index (χ1n) is 4.20. The van der Waals surface area contributed by atoms with Crippen LogP contribution in [0.3, 0.4) is 0 Å². The first kappa shape index (κ1) is 9.74. The molecule has 0 aliphatic rings. The number of hydrogen-bond acceptors (Lipinski definition) is 3. The lowest BCUT2D eigenvalue weighted by Crippen LogP contribution is -2.16. The third-order valence-electron chi connectivity index (χ3n) is 1.68. The van der Waals surface area contributed by atoms with E-state index in [1.54, 1.807) is 19.1 Å². The Morgan fingerprint density at radius 1 is 1.54 bits per heavy atom. The van der Waals surface area contributed by atoms with E-state index >= 15 is 0 Å². The third kappa shape index (κ3) is 2.87. The molecule has 0 aliphatic carbocycles. The largest absolute Gasteiger partial charge is 0.392 e. The highest BCUT2D eigenvalue weighted by Gasteiger charge is 2.00. The summed E-state index contributed by atoms with van der Waals surface area (Å²) < 4.78 is 0. The molecule has 0 fully saturated rings. The molecule has 0 heterocycles. The van der Waals surface area contributed by atoms with E-state index in [0.29, 0.717) is 12.1 Å². The summed E-state index contributed by atoms with van der Waals surface area (Å²) in [6.45, 7) is 2.14. The van der Waals surface area contributed by atoms with Crippen LogP contribution in [0.25, 0.3) is 0 Å². The van der Waals surface area contributed by atoms with Crippen molar-refractivity contribution in [2.75, 3.05) is 11.9 Å². The van der Waals surface area contributed by atoms with Crippen molar-refractivity contribution in [3.05, 3.63) is 29.8 Å². The zero-order chi connectivity index (χ0) is 9.68. The van der Waals surface area contributed by atoms with Gasteiger partial charge in [0, 0.05) is 17.8 Å². The minimum Gasteiger partial charge on any atom is -0.392 e. The molecule has 0 radical (unpaired) electrons. The Balaban J connectivity index is 2.69. The molecule has 0 aliphatic heterocycles. The molecule has 1 aromatic rings. The Bertz CT molecular complexity index is 284. The van der Waals surface area contributed by atoms with E-state index in [-0.39, 0.29) is 0 Å². The van der Waals surface area contributed by atoms with E-state index in [1.807, 2.05) is 12.1 Å². The molecule has 13 heavy (non-hydrogen) atoms. The molecule has 70 valence electrons. The van der Waals surface area contributed by atoms with Gasteiger partial charge in [0.15, 0.2) is 6.29 Å². The van der Waals surface area contributed by atoms with Crippen molar-refractivity contribution >= 4 is 12.0 Å². The standard InChI is InChI=1S/C10H13NO2/c1-8(13)6-11-10-5-3-2-4-9(10)7-12/h2-5,7-8,11,13H,6H2,1H3. The molecule has 3 nitrogen and oxygen atoms in total. The van der Waals surface area contributed by atoms with Crippen molar-refractivity contribution in [2.45, 2.75) is 13.0 Å². The number of rotatable bonds is 4. The molecule has 0 bridgehead atoms. The number of aliphatic hydroxyl groups excluding tert-OH is 1. The summed E-state index contributed by atoms with van der Waals surface area (Å²) in [5.41, 5.74) is 1.38. The smallest absolute Gasteiger partial charge is 0.152 e. The molecule has 3 heteroatoms. The van der Waals surface area contributed by atoms with Gasteiger partial charge in [0.1, 0.15) is 0 Å². The minimum atomic E-state index is -0.417. The van der Waals surface area contributed by atoms with Gasteiger partial charge >= 0.3 is 0 Å². The molecule has 1 aromatic carbocycles. The SMILES string of the molecule is CC(O)CNc1ccccc1C=O. The van der Waals surface area contributed by atoms with Crippen LogP contribution in [0.4, 0.5) is 5.69 Å². The second-order valence-electron chi connectivity index (χ2n) is 2.94. The zero-order valence-electron chi connectivity index (χ0n) is 7.53. The van der Waals surface area contributed by atoms with Gasteiger partial charge in [-0.3, -0.25) is 4.79 Å². The van der Waals surface area contributed by atoms with E-state index in [1.165, 1.54) is 0 Å². The van der Waals surface area contributed by atoms with Crippen molar-refractivity contribution in [1.29, 1.82) is 0 Å². The van der Waals surface area contributed by atoms with Crippen LogP contribution in [0.15, 0.2) is 24.3 Å². The first-order chi connectivity index (χ1) is 6.24. The fourth-order valence-corrected chi connectivity index (χ4v) is 1.02. The minimum absolute atomic E-state index is 0.417. The van der Waals surface area contributed by atoms with Crippen LogP contribution in [-0.2, 0) is 0 Å². The molecule has 2 N–H and O–H groups in total. The van der Waals surface area contributed by atoms with Crippen LogP contribution in [-0.4, -0.2) is 24.0 Å². The van der Waals surface area contributed by atoms with Gasteiger partial charge in [0.2, 0.25) is 0 Å². The molecular formula is C10H13NO2. The number of hydrogen-bond donors (Lipinski definition) is 2. The fraction of sp³-hybridized carbons (Fsp3) is 0.300. The van der Waals surface area contributed by atoms with Crippen LogP contribution in [0.1, 0.15) is 17.3 Å². The van der Waals surface area contributed by atoms with Crippen molar-refractivity contribution in [1.82, 2.24) is 0 Å². The second kappa shape index (κ2) is 4.62. The molecule has 1 atom stereocenters. The second-order valence-corrected chi connectivity index (χ2v) is 2.94.